The largest absolute Gasteiger partial charge is 0.478 e. The second kappa shape index (κ2) is 4.37. The van der Waals surface area contributed by atoms with Gasteiger partial charge in [0.15, 0.2) is 6.23 Å². The standard InChI is InChI=1S/C12H13NO3/c1-2-16-11-9(12(14)15)7-8-5-3-4-6-10(8)13-11/h3-7,11,13H,2H2,1H3,(H,14,15). The monoisotopic (exact) mass is 219 g/mol. The zero-order valence-corrected chi connectivity index (χ0v) is 8.93. The summed E-state index contributed by atoms with van der Waals surface area (Å²) in [4.78, 5) is 11.1. The van der Waals surface area contributed by atoms with Crippen LogP contribution in [0.3, 0.4) is 0 Å². The maximum Gasteiger partial charge on any atom is 0.336 e. The molecule has 4 nitrogen and oxygen atoms in total. The van der Waals surface area contributed by atoms with Gasteiger partial charge in [-0.3, -0.25) is 0 Å². The fourth-order valence-corrected chi connectivity index (χ4v) is 1.69. The Labute approximate surface area is 93.5 Å². The topological polar surface area (TPSA) is 58.6 Å². The number of rotatable bonds is 3. The summed E-state index contributed by atoms with van der Waals surface area (Å²) in [6.07, 6.45) is 1.08. The van der Waals surface area contributed by atoms with Crippen molar-refractivity contribution < 1.29 is 14.6 Å². The molecule has 16 heavy (non-hydrogen) atoms. The SMILES string of the molecule is CCOC1Nc2ccccc2C=C1C(=O)O. The molecule has 0 bridgehead atoms. The molecule has 0 saturated heterocycles. The van der Waals surface area contributed by atoms with Gasteiger partial charge in [-0.1, -0.05) is 18.2 Å². The number of benzene rings is 1. The summed E-state index contributed by atoms with van der Waals surface area (Å²) < 4.78 is 5.35. The van der Waals surface area contributed by atoms with E-state index < -0.39 is 12.2 Å². The van der Waals surface area contributed by atoms with Gasteiger partial charge in [-0.2, -0.15) is 0 Å². The Bertz CT molecular complexity index is 440. The van der Waals surface area contributed by atoms with Gasteiger partial charge in [0.2, 0.25) is 0 Å². The highest BCUT2D eigenvalue weighted by atomic mass is 16.5. The van der Waals surface area contributed by atoms with Gasteiger partial charge >= 0.3 is 5.97 Å². The van der Waals surface area contributed by atoms with Crippen molar-refractivity contribution in [1.82, 2.24) is 0 Å². The highest BCUT2D eigenvalue weighted by molar-refractivity contribution is 5.96. The average Bonchev–Trinajstić information content (AvgIpc) is 2.28. The van der Waals surface area contributed by atoms with E-state index in [0.717, 1.165) is 11.3 Å². The summed E-state index contributed by atoms with van der Waals surface area (Å²) in [7, 11) is 0. The molecular weight excluding hydrogens is 206 g/mol. The van der Waals surface area contributed by atoms with Crippen molar-refractivity contribution in [1.29, 1.82) is 0 Å². The third-order valence-corrected chi connectivity index (χ3v) is 2.42. The van der Waals surface area contributed by atoms with Gasteiger partial charge < -0.3 is 15.2 Å². The van der Waals surface area contributed by atoms with E-state index in [0.29, 0.717) is 6.61 Å². The van der Waals surface area contributed by atoms with Crippen molar-refractivity contribution in [3.63, 3.8) is 0 Å². The molecule has 1 aromatic rings. The normalized spacial score (nSPS) is 18.3. The molecule has 2 rings (SSSR count). The number of hydrogen-bond acceptors (Lipinski definition) is 3. The summed E-state index contributed by atoms with van der Waals surface area (Å²) in [5.74, 6) is -0.958. The lowest BCUT2D eigenvalue weighted by Crippen LogP contribution is -2.32. The molecule has 0 radical (unpaired) electrons. The lowest BCUT2D eigenvalue weighted by atomic mass is 10.0. The first-order chi connectivity index (χ1) is 7.72. The zero-order chi connectivity index (χ0) is 11.5. The molecule has 2 N–H and O–H groups in total. The Hall–Kier alpha value is -1.81. The zero-order valence-electron chi connectivity index (χ0n) is 8.93. The molecule has 0 spiro atoms. The Morgan fingerprint density at radius 3 is 2.94 bits per heavy atom. The Kier molecular flexibility index (Phi) is 2.92. The summed E-state index contributed by atoms with van der Waals surface area (Å²) in [5.41, 5.74) is 2.00. The summed E-state index contributed by atoms with van der Waals surface area (Å²) in [6.45, 7) is 2.30. The van der Waals surface area contributed by atoms with Crippen molar-refractivity contribution in [2.75, 3.05) is 11.9 Å². The molecule has 0 saturated carbocycles. The molecule has 0 aromatic heterocycles. The number of carboxylic acids is 1. The van der Waals surface area contributed by atoms with Crippen LogP contribution in [0.5, 0.6) is 0 Å². The number of nitrogens with one attached hydrogen (secondary N) is 1. The molecule has 1 heterocycles. The quantitative estimate of drug-likeness (QED) is 0.815. The number of aliphatic carboxylic acids is 1. The van der Waals surface area contributed by atoms with E-state index in [4.69, 9.17) is 9.84 Å². The predicted molar refractivity (Wildman–Crippen MR) is 61.1 cm³/mol. The third-order valence-electron chi connectivity index (χ3n) is 2.42. The molecule has 1 atom stereocenters. The van der Waals surface area contributed by atoms with Gasteiger partial charge in [0.05, 0.1) is 5.57 Å². The molecule has 0 fully saturated rings. The van der Waals surface area contributed by atoms with Crippen molar-refractivity contribution in [3.8, 4) is 0 Å². The van der Waals surface area contributed by atoms with E-state index in [2.05, 4.69) is 5.32 Å². The van der Waals surface area contributed by atoms with E-state index in [-0.39, 0.29) is 5.57 Å². The lowest BCUT2D eigenvalue weighted by molar-refractivity contribution is -0.133. The number of hydrogen-bond donors (Lipinski definition) is 2. The highest BCUT2D eigenvalue weighted by Crippen LogP contribution is 2.27. The molecule has 1 aromatic carbocycles. The molecular formula is C12H13NO3. The first-order valence-corrected chi connectivity index (χ1v) is 5.14. The molecule has 4 heteroatoms. The van der Waals surface area contributed by atoms with E-state index in [1.54, 1.807) is 6.08 Å². The maximum absolute atomic E-state index is 11.1. The van der Waals surface area contributed by atoms with E-state index in [1.165, 1.54) is 0 Å². The van der Waals surface area contributed by atoms with Gasteiger partial charge in [0, 0.05) is 12.3 Å². The number of carboxylic acid groups (broad SMARTS) is 1. The number of para-hydroxylation sites is 1. The molecule has 1 unspecified atom stereocenters. The third kappa shape index (κ3) is 1.92. The number of fused-ring (bicyclic) bond motifs is 1. The van der Waals surface area contributed by atoms with Crippen LogP contribution in [0.4, 0.5) is 5.69 Å². The minimum Gasteiger partial charge on any atom is -0.478 e. The molecule has 0 aliphatic carbocycles. The van der Waals surface area contributed by atoms with E-state index in [1.807, 2.05) is 31.2 Å². The van der Waals surface area contributed by atoms with Gasteiger partial charge in [0.25, 0.3) is 0 Å². The summed E-state index contributed by atoms with van der Waals surface area (Å²) in [5, 5.41) is 12.1. The van der Waals surface area contributed by atoms with Crippen LogP contribution in [0.1, 0.15) is 12.5 Å². The minimum absolute atomic E-state index is 0.237. The second-order valence-corrected chi connectivity index (χ2v) is 3.47. The molecule has 84 valence electrons. The molecule has 1 aliphatic heterocycles. The van der Waals surface area contributed by atoms with Gasteiger partial charge in [-0.05, 0) is 24.6 Å². The van der Waals surface area contributed by atoms with E-state index >= 15 is 0 Å². The molecule has 1 aliphatic rings. The van der Waals surface area contributed by atoms with Crippen LogP contribution < -0.4 is 5.32 Å². The maximum atomic E-state index is 11.1. The summed E-state index contributed by atoms with van der Waals surface area (Å²) >= 11 is 0. The van der Waals surface area contributed by atoms with Crippen molar-refractivity contribution in [2.24, 2.45) is 0 Å². The fourth-order valence-electron chi connectivity index (χ4n) is 1.69. The van der Waals surface area contributed by atoms with Gasteiger partial charge in [0.1, 0.15) is 0 Å². The Morgan fingerprint density at radius 1 is 1.50 bits per heavy atom. The van der Waals surface area contributed by atoms with Crippen LogP contribution in [0.25, 0.3) is 6.08 Å². The van der Waals surface area contributed by atoms with Crippen molar-refractivity contribution in [2.45, 2.75) is 13.2 Å². The first-order valence-electron chi connectivity index (χ1n) is 5.14. The Balaban J connectivity index is 2.39. The first kappa shape index (κ1) is 10.7. The predicted octanol–water partition coefficient (Wildman–Crippen LogP) is 1.94. The number of carbonyl (C=O) groups is 1. The Morgan fingerprint density at radius 2 is 2.25 bits per heavy atom. The second-order valence-electron chi connectivity index (χ2n) is 3.47. The van der Waals surface area contributed by atoms with Gasteiger partial charge in [-0.25, -0.2) is 4.79 Å². The minimum atomic E-state index is -0.958. The van der Waals surface area contributed by atoms with Crippen LogP contribution in [-0.2, 0) is 9.53 Å². The van der Waals surface area contributed by atoms with Crippen LogP contribution in [-0.4, -0.2) is 23.9 Å². The summed E-state index contributed by atoms with van der Waals surface area (Å²) in [6, 6.07) is 7.54. The van der Waals surface area contributed by atoms with E-state index in [9.17, 15) is 4.79 Å². The number of anilines is 1. The average molecular weight is 219 g/mol. The number of ether oxygens (including phenoxy) is 1. The van der Waals surface area contributed by atoms with Gasteiger partial charge in [-0.15, -0.1) is 0 Å². The highest BCUT2D eigenvalue weighted by Gasteiger charge is 2.25. The van der Waals surface area contributed by atoms with Crippen LogP contribution in [0, 0.1) is 0 Å². The van der Waals surface area contributed by atoms with Crippen LogP contribution in [0.15, 0.2) is 29.8 Å². The smallest absolute Gasteiger partial charge is 0.336 e. The van der Waals surface area contributed by atoms with Crippen molar-refractivity contribution in [3.05, 3.63) is 35.4 Å². The lowest BCUT2D eigenvalue weighted by Gasteiger charge is -2.25. The molecule has 0 amide bonds. The van der Waals surface area contributed by atoms with Crippen molar-refractivity contribution >= 4 is 17.7 Å². The van der Waals surface area contributed by atoms with Crippen LogP contribution in [0.2, 0.25) is 0 Å². The van der Waals surface area contributed by atoms with Crippen LogP contribution >= 0.6 is 0 Å². The fraction of sp³-hybridized carbons (Fsp3) is 0.250.